The van der Waals surface area contributed by atoms with Crippen molar-refractivity contribution in [2.75, 3.05) is 12.8 Å². The van der Waals surface area contributed by atoms with Gasteiger partial charge < -0.3 is 15.2 Å². The summed E-state index contributed by atoms with van der Waals surface area (Å²) < 4.78 is 11.4. The lowest BCUT2D eigenvalue weighted by atomic mass is 9.95. The molecule has 0 aromatic heterocycles. The van der Waals surface area contributed by atoms with Gasteiger partial charge in [0, 0.05) is 13.5 Å². The van der Waals surface area contributed by atoms with E-state index in [2.05, 4.69) is 13.0 Å². The first-order chi connectivity index (χ1) is 8.72. The zero-order chi connectivity index (χ0) is 13.0. The lowest BCUT2D eigenvalue weighted by molar-refractivity contribution is 0.0212. The van der Waals surface area contributed by atoms with E-state index in [0.717, 1.165) is 43.5 Å². The molecule has 1 aromatic carbocycles. The van der Waals surface area contributed by atoms with Crippen LogP contribution in [0.2, 0.25) is 0 Å². The minimum atomic E-state index is 0.235. The molecule has 18 heavy (non-hydrogen) atoms. The Morgan fingerprint density at radius 1 is 1.28 bits per heavy atom. The van der Waals surface area contributed by atoms with Crippen LogP contribution in [0.5, 0.6) is 5.75 Å². The Balaban J connectivity index is 2.00. The van der Waals surface area contributed by atoms with Crippen LogP contribution in [-0.2, 0) is 11.2 Å². The van der Waals surface area contributed by atoms with Gasteiger partial charge in [-0.3, -0.25) is 0 Å². The maximum atomic E-state index is 6.03. The van der Waals surface area contributed by atoms with Gasteiger partial charge in [-0.1, -0.05) is 13.0 Å². The van der Waals surface area contributed by atoms with Crippen LogP contribution in [0.25, 0.3) is 0 Å². The molecule has 0 saturated heterocycles. The molecule has 0 bridgehead atoms. The Morgan fingerprint density at radius 2 is 2.06 bits per heavy atom. The summed E-state index contributed by atoms with van der Waals surface area (Å²) in [5.74, 6) is 0.814. The minimum Gasteiger partial charge on any atom is -0.488 e. The number of methoxy groups -OCH3 is 1. The lowest BCUT2D eigenvalue weighted by Crippen LogP contribution is -2.29. The fourth-order valence-corrected chi connectivity index (χ4v) is 2.53. The van der Waals surface area contributed by atoms with E-state index in [1.54, 1.807) is 7.11 Å². The SMILES string of the molecule is CCc1ccc(OC2CCCC(OC)C2)c(N)c1. The molecular formula is C15H23NO2. The summed E-state index contributed by atoms with van der Waals surface area (Å²) in [6.07, 6.45) is 5.93. The summed E-state index contributed by atoms with van der Waals surface area (Å²) in [6, 6.07) is 6.08. The molecule has 1 aromatic rings. The molecule has 0 radical (unpaired) electrons. The number of aryl methyl sites for hydroxylation is 1. The molecule has 0 amide bonds. The topological polar surface area (TPSA) is 44.5 Å². The van der Waals surface area contributed by atoms with Crippen LogP contribution in [0, 0.1) is 0 Å². The average Bonchev–Trinajstić information content (AvgIpc) is 2.41. The molecule has 3 heteroatoms. The van der Waals surface area contributed by atoms with Crippen LogP contribution in [0.3, 0.4) is 0 Å². The summed E-state index contributed by atoms with van der Waals surface area (Å²) in [5, 5.41) is 0. The highest BCUT2D eigenvalue weighted by Gasteiger charge is 2.23. The Bertz CT molecular complexity index is 392. The van der Waals surface area contributed by atoms with E-state index in [-0.39, 0.29) is 6.10 Å². The van der Waals surface area contributed by atoms with Crippen molar-refractivity contribution in [2.45, 2.75) is 51.2 Å². The van der Waals surface area contributed by atoms with Gasteiger partial charge in [0.1, 0.15) is 11.9 Å². The minimum absolute atomic E-state index is 0.235. The Labute approximate surface area is 109 Å². The largest absolute Gasteiger partial charge is 0.488 e. The zero-order valence-corrected chi connectivity index (χ0v) is 11.3. The monoisotopic (exact) mass is 249 g/mol. The fourth-order valence-electron chi connectivity index (χ4n) is 2.53. The van der Waals surface area contributed by atoms with Gasteiger partial charge in [-0.25, -0.2) is 0 Å². The normalized spacial score (nSPS) is 23.9. The molecule has 1 aliphatic rings. The van der Waals surface area contributed by atoms with E-state index in [9.17, 15) is 0 Å². The second kappa shape index (κ2) is 6.10. The summed E-state index contributed by atoms with van der Waals surface area (Å²) >= 11 is 0. The van der Waals surface area contributed by atoms with Crippen LogP contribution in [0.1, 0.15) is 38.2 Å². The van der Waals surface area contributed by atoms with Crippen molar-refractivity contribution in [3.05, 3.63) is 23.8 Å². The predicted molar refractivity (Wildman–Crippen MR) is 73.9 cm³/mol. The van der Waals surface area contributed by atoms with Gasteiger partial charge in [-0.2, -0.15) is 0 Å². The third-order valence-electron chi connectivity index (χ3n) is 3.69. The van der Waals surface area contributed by atoms with Crippen molar-refractivity contribution in [3.63, 3.8) is 0 Å². The average molecular weight is 249 g/mol. The van der Waals surface area contributed by atoms with Crippen LogP contribution in [-0.4, -0.2) is 19.3 Å². The molecule has 0 spiro atoms. The number of anilines is 1. The molecule has 2 atom stereocenters. The fraction of sp³-hybridized carbons (Fsp3) is 0.600. The highest BCUT2D eigenvalue weighted by Crippen LogP contribution is 2.29. The van der Waals surface area contributed by atoms with Crippen molar-refractivity contribution in [3.8, 4) is 5.75 Å². The van der Waals surface area contributed by atoms with Crippen LogP contribution >= 0.6 is 0 Å². The number of hydrogen-bond acceptors (Lipinski definition) is 3. The third kappa shape index (κ3) is 3.16. The van der Waals surface area contributed by atoms with Gasteiger partial charge in [-0.05, 0) is 43.4 Å². The van der Waals surface area contributed by atoms with Gasteiger partial charge in [0.2, 0.25) is 0 Å². The molecule has 2 unspecified atom stereocenters. The smallest absolute Gasteiger partial charge is 0.142 e. The quantitative estimate of drug-likeness (QED) is 0.834. The standard InChI is InChI=1S/C15H23NO2/c1-3-11-7-8-15(14(16)9-11)18-13-6-4-5-12(10-13)17-2/h7-9,12-13H,3-6,10,16H2,1-2H3. The van der Waals surface area contributed by atoms with E-state index in [1.807, 2.05) is 12.1 Å². The van der Waals surface area contributed by atoms with Crippen LogP contribution in [0.4, 0.5) is 5.69 Å². The van der Waals surface area contributed by atoms with Crippen LogP contribution < -0.4 is 10.5 Å². The van der Waals surface area contributed by atoms with Gasteiger partial charge in [-0.15, -0.1) is 0 Å². The molecule has 1 fully saturated rings. The number of benzene rings is 1. The number of nitrogen functional groups attached to an aromatic ring is 1. The third-order valence-corrected chi connectivity index (χ3v) is 3.69. The van der Waals surface area contributed by atoms with Gasteiger partial charge in [0.25, 0.3) is 0 Å². The highest BCUT2D eigenvalue weighted by molar-refractivity contribution is 5.54. The highest BCUT2D eigenvalue weighted by atomic mass is 16.5. The van der Waals surface area contributed by atoms with Gasteiger partial charge in [0.15, 0.2) is 0 Å². The molecule has 2 rings (SSSR count). The molecule has 1 aliphatic carbocycles. The zero-order valence-electron chi connectivity index (χ0n) is 11.3. The summed E-state index contributed by atoms with van der Waals surface area (Å²) in [4.78, 5) is 0. The van der Waals surface area contributed by atoms with Crippen molar-refractivity contribution >= 4 is 5.69 Å². The number of ether oxygens (including phenoxy) is 2. The second-order valence-corrected chi connectivity index (χ2v) is 4.99. The Morgan fingerprint density at radius 3 is 2.72 bits per heavy atom. The van der Waals surface area contributed by atoms with E-state index < -0.39 is 0 Å². The second-order valence-electron chi connectivity index (χ2n) is 4.99. The van der Waals surface area contributed by atoms with Crippen molar-refractivity contribution in [1.29, 1.82) is 0 Å². The van der Waals surface area contributed by atoms with E-state index in [4.69, 9.17) is 15.2 Å². The molecule has 0 aliphatic heterocycles. The van der Waals surface area contributed by atoms with Crippen molar-refractivity contribution in [2.24, 2.45) is 0 Å². The summed E-state index contributed by atoms with van der Waals surface area (Å²) in [6.45, 7) is 2.12. The van der Waals surface area contributed by atoms with Crippen LogP contribution in [0.15, 0.2) is 18.2 Å². The summed E-state index contributed by atoms with van der Waals surface area (Å²) in [5.41, 5.74) is 8.02. The number of hydrogen-bond donors (Lipinski definition) is 1. The summed E-state index contributed by atoms with van der Waals surface area (Å²) in [7, 11) is 1.78. The maximum absolute atomic E-state index is 6.03. The lowest BCUT2D eigenvalue weighted by Gasteiger charge is -2.29. The van der Waals surface area contributed by atoms with Crippen molar-refractivity contribution < 1.29 is 9.47 Å². The van der Waals surface area contributed by atoms with Gasteiger partial charge >= 0.3 is 0 Å². The Hall–Kier alpha value is -1.22. The molecule has 1 saturated carbocycles. The van der Waals surface area contributed by atoms with E-state index >= 15 is 0 Å². The van der Waals surface area contributed by atoms with Crippen molar-refractivity contribution in [1.82, 2.24) is 0 Å². The molecular weight excluding hydrogens is 226 g/mol. The first-order valence-corrected chi connectivity index (χ1v) is 6.80. The molecule has 3 nitrogen and oxygen atoms in total. The Kier molecular flexibility index (Phi) is 4.48. The van der Waals surface area contributed by atoms with E-state index in [0.29, 0.717) is 6.10 Å². The number of nitrogens with two attached hydrogens (primary N) is 1. The van der Waals surface area contributed by atoms with Gasteiger partial charge in [0.05, 0.1) is 11.8 Å². The predicted octanol–water partition coefficient (Wildman–Crippen LogP) is 3.17. The maximum Gasteiger partial charge on any atom is 0.142 e. The molecule has 0 heterocycles. The number of rotatable bonds is 4. The first-order valence-electron chi connectivity index (χ1n) is 6.80. The molecule has 2 N–H and O–H groups in total. The first kappa shape index (κ1) is 13.2. The van der Waals surface area contributed by atoms with E-state index in [1.165, 1.54) is 5.56 Å². The molecule has 100 valence electrons.